The van der Waals surface area contributed by atoms with Crippen LogP contribution < -0.4 is 5.32 Å². The fourth-order valence-corrected chi connectivity index (χ4v) is 2.32. The first-order valence-electron chi connectivity index (χ1n) is 6.39. The molecule has 1 amide bonds. The van der Waals surface area contributed by atoms with E-state index in [1.54, 1.807) is 11.3 Å². The van der Waals surface area contributed by atoms with Gasteiger partial charge in [-0.15, -0.1) is 0 Å². The summed E-state index contributed by atoms with van der Waals surface area (Å²) in [7, 11) is 0. The van der Waals surface area contributed by atoms with Crippen molar-refractivity contribution in [3.05, 3.63) is 57.5 Å². The zero-order valence-corrected chi connectivity index (χ0v) is 12.0. The van der Waals surface area contributed by atoms with Crippen molar-refractivity contribution in [1.29, 1.82) is 0 Å². The van der Waals surface area contributed by atoms with Crippen molar-refractivity contribution in [2.45, 2.75) is 13.0 Å². The van der Waals surface area contributed by atoms with Crippen molar-refractivity contribution in [3.8, 4) is 11.8 Å². The molecule has 0 fully saturated rings. The lowest BCUT2D eigenvalue weighted by atomic mass is 10.1. The molecule has 0 saturated carbocycles. The van der Waals surface area contributed by atoms with Crippen LogP contribution in [0.5, 0.6) is 0 Å². The molecule has 0 aliphatic rings. The lowest BCUT2D eigenvalue weighted by Gasteiger charge is -2.04. The minimum absolute atomic E-state index is 0.0578. The number of halogens is 1. The fourth-order valence-electron chi connectivity index (χ4n) is 1.65. The second-order valence-electron chi connectivity index (χ2n) is 4.28. The second-order valence-corrected chi connectivity index (χ2v) is 5.06. The van der Waals surface area contributed by atoms with E-state index in [0.717, 1.165) is 5.56 Å². The van der Waals surface area contributed by atoms with Gasteiger partial charge in [0.15, 0.2) is 0 Å². The summed E-state index contributed by atoms with van der Waals surface area (Å²) in [6.07, 6.45) is 0.294. The third-order valence-electron chi connectivity index (χ3n) is 2.72. The first-order chi connectivity index (χ1) is 10.2. The Labute approximate surface area is 126 Å². The lowest BCUT2D eigenvalue weighted by Crippen LogP contribution is -2.22. The van der Waals surface area contributed by atoms with Crippen molar-refractivity contribution >= 4 is 17.2 Å². The highest BCUT2D eigenvalue weighted by Crippen LogP contribution is 2.10. The van der Waals surface area contributed by atoms with Gasteiger partial charge in [-0.1, -0.05) is 11.8 Å². The molecule has 0 atom stereocenters. The largest absolute Gasteiger partial charge is 0.395 e. The maximum atomic E-state index is 13.8. The number of amides is 1. The summed E-state index contributed by atoms with van der Waals surface area (Å²) >= 11 is 1.56. The predicted molar refractivity (Wildman–Crippen MR) is 80.5 cm³/mol. The van der Waals surface area contributed by atoms with E-state index in [1.807, 2.05) is 16.8 Å². The van der Waals surface area contributed by atoms with E-state index in [9.17, 15) is 9.18 Å². The molecule has 21 heavy (non-hydrogen) atoms. The van der Waals surface area contributed by atoms with E-state index in [1.165, 1.54) is 18.2 Å². The van der Waals surface area contributed by atoms with Gasteiger partial charge in [-0.3, -0.25) is 4.79 Å². The average molecular weight is 303 g/mol. The van der Waals surface area contributed by atoms with Crippen molar-refractivity contribution in [2.24, 2.45) is 0 Å². The molecule has 0 saturated heterocycles. The maximum Gasteiger partial charge on any atom is 0.251 e. The Kier molecular flexibility index (Phi) is 5.50. The first-order valence-corrected chi connectivity index (χ1v) is 7.33. The number of aliphatic hydroxyl groups excluding tert-OH is 1. The number of carbonyl (C=O) groups is 1. The summed E-state index contributed by atoms with van der Waals surface area (Å²) in [6, 6.07) is 6.10. The van der Waals surface area contributed by atoms with Crippen LogP contribution in [0.4, 0.5) is 4.39 Å². The summed E-state index contributed by atoms with van der Waals surface area (Å²) in [5.41, 5.74) is 1.49. The molecule has 1 aromatic heterocycles. The van der Waals surface area contributed by atoms with Crippen LogP contribution in [0.2, 0.25) is 0 Å². The third-order valence-corrected chi connectivity index (χ3v) is 3.46. The van der Waals surface area contributed by atoms with E-state index >= 15 is 0 Å². The van der Waals surface area contributed by atoms with Crippen LogP contribution in [0.15, 0.2) is 35.0 Å². The number of hydrogen-bond donors (Lipinski definition) is 2. The third kappa shape index (κ3) is 4.42. The van der Waals surface area contributed by atoms with Gasteiger partial charge >= 0.3 is 0 Å². The van der Waals surface area contributed by atoms with Crippen LogP contribution in [0.3, 0.4) is 0 Å². The molecule has 1 aromatic carbocycles. The number of carbonyl (C=O) groups excluding carboxylic acids is 1. The van der Waals surface area contributed by atoms with Crippen LogP contribution in [0, 0.1) is 17.7 Å². The van der Waals surface area contributed by atoms with Gasteiger partial charge in [0.1, 0.15) is 5.82 Å². The Morgan fingerprint density at radius 3 is 2.90 bits per heavy atom. The normalized spacial score (nSPS) is 9.81. The highest BCUT2D eigenvalue weighted by Gasteiger charge is 2.08. The fraction of sp³-hybridized carbons (Fsp3) is 0.188. The standard InChI is InChI=1S/C16H14FNO2S/c17-15-9-14(5-4-13(15)3-1-2-7-19)16(20)18-10-12-6-8-21-11-12/h4-6,8-9,11,19H,2,7,10H2,(H,18,20). The van der Waals surface area contributed by atoms with Crippen LogP contribution >= 0.6 is 11.3 Å². The molecule has 0 spiro atoms. The Morgan fingerprint density at radius 1 is 1.38 bits per heavy atom. The summed E-state index contributed by atoms with van der Waals surface area (Å²) in [6.45, 7) is 0.361. The van der Waals surface area contributed by atoms with Crippen LogP contribution in [0.1, 0.15) is 27.9 Å². The molecule has 0 aliphatic heterocycles. The summed E-state index contributed by atoms with van der Waals surface area (Å²) in [5.74, 6) is 4.40. The molecular formula is C16H14FNO2S. The molecule has 3 nitrogen and oxygen atoms in total. The Balaban J connectivity index is 2.02. The molecule has 0 unspecified atom stereocenters. The molecule has 2 N–H and O–H groups in total. The Morgan fingerprint density at radius 2 is 2.24 bits per heavy atom. The highest BCUT2D eigenvalue weighted by molar-refractivity contribution is 7.07. The molecular weight excluding hydrogens is 289 g/mol. The quantitative estimate of drug-likeness (QED) is 0.853. The molecule has 108 valence electrons. The predicted octanol–water partition coefficient (Wildman–Crippen LogP) is 2.55. The first kappa shape index (κ1) is 15.2. The second kappa shape index (κ2) is 7.58. The molecule has 0 radical (unpaired) electrons. The van der Waals surface area contributed by atoms with Gasteiger partial charge in [-0.25, -0.2) is 4.39 Å². The molecule has 2 aromatic rings. The van der Waals surface area contributed by atoms with Gasteiger partial charge in [0.25, 0.3) is 5.91 Å². The van der Waals surface area contributed by atoms with Crippen LogP contribution in [0.25, 0.3) is 0 Å². The molecule has 1 heterocycles. The number of thiophene rings is 1. The summed E-state index contributed by atoms with van der Waals surface area (Å²) in [4.78, 5) is 11.9. The monoisotopic (exact) mass is 303 g/mol. The van der Waals surface area contributed by atoms with E-state index in [2.05, 4.69) is 17.2 Å². The van der Waals surface area contributed by atoms with E-state index in [-0.39, 0.29) is 23.6 Å². The van der Waals surface area contributed by atoms with Gasteiger partial charge in [0.05, 0.1) is 12.2 Å². The SMILES string of the molecule is O=C(NCc1ccsc1)c1ccc(C#CCCO)c(F)c1. The molecule has 0 aliphatic carbocycles. The van der Waals surface area contributed by atoms with Gasteiger partial charge in [-0.2, -0.15) is 11.3 Å². The Hall–Kier alpha value is -2.16. The zero-order valence-electron chi connectivity index (χ0n) is 11.2. The number of benzene rings is 1. The lowest BCUT2D eigenvalue weighted by molar-refractivity contribution is 0.0950. The van der Waals surface area contributed by atoms with Crippen molar-refractivity contribution < 1.29 is 14.3 Å². The van der Waals surface area contributed by atoms with Crippen molar-refractivity contribution in [2.75, 3.05) is 6.61 Å². The number of rotatable bonds is 4. The number of nitrogens with one attached hydrogen (secondary N) is 1. The molecule has 5 heteroatoms. The zero-order chi connectivity index (χ0) is 15.1. The maximum absolute atomic E-state index is 13.8. The number of aliphatic hydroxyl groups is 1. The van der Waals surface area contributed by atoms with Crippen molar-refractivity contribution in [3.63, 3.8) is 0 Å². The Bertz CT molecular complexity index is 671. The van der Waals surface area contributed by atoms with E-state index < -0.39 is 5.82 Å². The summed E-state index contributed by atoms with van der Waals surface area (Å²) in [5, 5.41) is 15.2. The van der Waals surface area contributed by atoms with Crippen LogP contribution in [-0.2, 0) is 6.54 Å². The van der Waals surface area contributed by atoms with Crippen molar-refractivity contribution in [1.82, 2.24) is 5.32 Å². The van der Waals surface area contributed by atoms with Gasteiger partial charge < -0.3 is 10.4 Å². The smallest absolute Gasteiger partial charge is 0.251 e. The van der Waals surface area contributed by atoms with E-state index in [0.29, 0.717) is 13.0 Å². The van der Waals surface area contributed by atoms with Gasteiger partial charge in [-0.05, 0) is 40.6 Å². The van der Waals surface area contributed by atoms with Crippen LogP contribution in [-0.4, -0.2) is 17.6 Å². The minimum Gasteiger partial charge on any atom is -0.395 e. The highest BCUT2D eigenvalue weighted by atomic mass is 32.1. The average Bonchev–Trinajstić information content (AvgIpc) is 3.00. The molecule has 2 rings (SSSR count). The number of hydrogen-bond acceptors (Lipinski definition) is 3. The van der Waals surface area contributed by atoms with Gasteiger partial charge in [0.2, 0.25) is 0 Å². The van der Waals surface area contributed by atoms with Gasteiger partial charge in [0, 0.05) is 18.5 Å². The summed E-state index contributed by atoms with van der Waals surface area (Å²) < 4.78 is 13.8. The topological polar surface area (TPSA) is 49.3 Å². The van der Waals surface area contributed by atoms with E-state index in [4.69, 9.17) is 5.11 Å². The molecule has 0 bridgehead atoms. The minimum atomic E-state index is -0.538.